The maximum atomic E-state index is 12.7. The molecule has 0 aliphatic carbocycles. The Balaban J connectivity index is 2.01. The van der Waals surface area contributed by atoms with Crippen molar-refractivity contribution in [1.82, 2.24) is 18.7 Å². The summed E-state index contributed by atoms with van der Waals surface area (Å²) in [6, 6.07) is 9.80. The van der Waals surface area contributed by atoms with Gasteiger partial charge < -0.3 is 0 Å². The molecule has 1 N–H and O–H groups in total. The summed E-state index contributed by atoms with van der Waals surface area (Å²) in [4.78, 5) is 29.3. The summed E-state index contributed by atoms with van der Waals surface area (Å²) in [6.45, 7) is 6.13. The fourth-order valence-corrected chi connectivity index (χ4v) is 3.22. The molecule has 0 radical (unpaired) electrons. The van der Waals surface area contributed by atoms with Crippen LogP contribution in [0, 0.1) is 0 Å². The van der Waals surface area contributed by atoms with Crippen LogP contribution < -0.4 is 16.7 Å². The van der Waals surface area contributed by atoms with E-state index >= 15 is 0 Å². The van der Waals surface area contributed by atoms with Crippen molar-refractivity contribution in [3.05, 3.63) is 73.4 Å². The molecular formula is C20H21BrN6O2. The number of allylic oxidation sites excluding steroid dienone is 2. The number of nitrogens with one attached hydrogen (secondary N) is 1. The molecule has 0 atom stereocenters. The van der Waals surface area contributed by atoms with E-state index in [1.807, 2.05) is 43.3 Å². The average Bonchev–Trinajstić information content (AvgIpc) is 3.03. The van der Waals surface area contributed by atoms with E-state index in [0.717, 1.165) is 20.2 Å². The van der Waals surface area contributed by atoms with E-state index < -0.39 is 11.2 Å². The summed E-state index contributed by atoms with van der Waals surface area (Å²) in [7, 11) is 3.02. The van der Waals surface area contributed by atoms with Gasteiger partial charge in [-0.1, -0.05) is 42.5 Å². The summed E-state index contributed by atoms with van der Waals surface area (Å²) in [5, 5.41) is 4.21. The standard InChI is InChI=1S/C20H21BrN6O2/c1-13(2)12-27-16-17(25(3)20(29)26(4)18(16)28)23-19(27)24-22-11-15(21)10-14-8-6-5-7-9-14/h5-11H,1,12H2,2-4H3,(H,23,24)/b15-10-,22-11+. The van der Waals surface area contributed by atoms with Gasteiger partial charge in [0.1, 0.15) is 0 Å². The van der Waals surface area contributed by atoms with E-state index in [4.69, 9.17) is 0 Å². The van der Waals surface area contributed by atoms with Crippen LogP contribution in [0.4, 0.5) is 5.95 Å². The van der Waals surface area contributed by atoms with Crippen molar-refractivity contribution < 1.29 is 0 Å². The van der Waals surface area contributed by atoms with Gasteiger partial charge in [0, 0.05) is 25.1 Å². The summed E-state index contributed by atoms with van der Waals surface area (Å²) in [5.74, 6) is 0.345. The van der Waals surface area contributed by atoms with Gasteiger partial charge in [-0.25, -0.2) is 10.2 Å². The molecule has 3 rings (SSSR count). The molecule has 0 aliphatic heterocycles. The fraction of sp³-hybridized carbons (Fsp3) is 0.200. The van der Waals surface area contributed by atoms with Crippen LogP contribution in [-0.2, 0) is 20.6 Å². The van der Waals surface area contributed by atoms with E-state index in [1.165, 1.54) is 11.6 Å². The van der Waals surface area contributed by atoms with Crippen molar-refractivity contribution >= 4 is 45.3 Å². The smallest absolute Gasteiger partial charge is 0.299 e. The first-order chi connectivity index (χ1) is 13.8. The number of hydrogen-bond acceptors (Lipinski definition) is 5. The highest BCUT2D eigenvalue weighted by atomic mass is 79.9. The van der Waals surface area contributed by atoms with Gasteiger partial charge in [-0.05, 0) is 34.5 Å². The molecule has 8 nitrogen and oxygen atoms in total. The number of imidazole rings is 1. The second-order valence-corrected chi connectivity index (χ2v) is 7.58. The van der Waals surface area contributed by atoms with Crippen molar-refractivity contribution in [2.45, 2.75) is 13.5 Å². The van der Waals surface area contributed by atoms with Gasteiger partial charge in [0.05, 0.1) is 6.21 Å². The van der Waals surface area contributed by atoms with Crippen LogP contribution in [-0.4, -0.2) is 24.9 Å². The third kappa shape index (κ3) is 4.29. The quantitative estimate of drug-likeness (QED) is 0.351. The summed E-state index contributed by atoms with van der Waals surface area (Å²) in [6.07, 6.45) is 3.51. The van der Waals surface area contributed by atoms with Crippen LogP contribution in [0.25, 0.3) is 17.2 Å². The molecule has 3 aromatic rings. The molecule has 29 heavy (non-hydrogen) atoms. The molecule has 0 amide bonds. The topological polar surface area (TPSA) is 86.2 Å². The van der Waals surface area contributed by atoms with E-state index in [9.17, 15) is 9.59 Å². The Labute approximate surface area is 175 Å². The number of benzene rings is 1. The van der Waals surface area contributed by atoms with Crippen LogP contribution >= 0.6 is 15.9 Å². The molecule has 150 valence electrons. The lowest BCUT2D eigenvalue weighted by molar-refractivity contribution is 0.702. The Morgan fingerprint density at radius 3 is 2.59 bits per heavy atom. The van der Waals surface area contributed by atoms with Gasteiger partial charge in [-0.15, -0.1) is 0 Å². The molecule has 0 bridgehead atoms. The zero-order valence-corrected chi connectivity index (χ0v) is 18.0. The maximum absolute atomic E-state index is 12.7. The van der Waals surface area contributed by atoms with Crippen molar-refractivity contribution in [2.75, 3.05) is 5.43 Å². The van der Waals surface area contributed by atoms with Crippen LogP contribution in [0.15, 0.2) is 61.7 Å². The van der Waals surface area contributed by atoms with Crippen LogP contribution in [0.3, 0.4) is 0 Å². The van der Waals surface area contributed by atoms with Gasteiger partial charge in [0.25, 0.3) is 5.56 Å². The van der Waals surface area contributed by atoms with E-state index in [2.05, 4.69) is 38.0 Å². The third-order valence-electron chi connectivity index (χ3n) is 4.23. The second-order valence-electron chi connectivity index (χ2n) is 6.67. The molecule has 0 unspecified atom stereocenters. The Bertz CT molecular complexity index is 1250. The minimum atomic E-state index is -0.439. The number of aromatic nitrogens is 4. The maximum Gasteiger partial charge on any atom is 0.332 e. The van der Waals surface area contributed by atoms with Crippen LogP contribution in [0.1, 0.15) is 12.5 Å². The molecule has 0 fully saturated rings. The number of halogens is 1. The number of anilines is 1. The van der Waals surface area contributed by atoms with Crippen molar-refractivity contribution in [2.24, 2.45) is 19.2 Å². The molecule has 2 aromatic heterocycles. The number of hydrazone groups is 1. The third-order valence-corrected chi connectivity index (χ3v) is 4.67. The Hall–Kier alpha value is -3.20. The van der Waals surface area contributed by atoms with E-state index in [-0.39, 0.29) is 5.65 Å². The van der Waals surface area contributed by atoms with Gasteiger partial charge in [0.2, 0.25) is 5.95 Å². The number of aryl methyl sites for hydroxylation is 1. The molecule has 0 saturated carbocycles. The average molecular weight is 457 g/mol. The Kier molecular flexibility index (Phi) is 5.97. The van der Waals surface area contributed by atoms with Crippen LogP contribution in [0.2, 0.25) is 0 Å². The van der Waals surface area contributed by atoms with Crippen molar-refractivity contribution in [3.8, 4) is 0 Å². The summed E-state index contributed by atoms with van der Waals surface area (Å²) < 4.78 is 4.82. The minimum Gasteiger partial charge on any atom is -0.299 e. The van der Waals surface area contributed by atoms with Gasteiger partial charge in [-0.3, -0.25) is 18.5 Å². The SMILES string of the molecule is C=C(C)Cn1c(N/N=C/C(Br)=C/c2ccccc2)nc2c1c(=O)n(C)c(=O)n2C. The highest BCUT2D eigenvalue weighted by molar-refractivity contribution is 9.12. The summed E-state index contributed by atoms with van der Waals surface area (Å²) >= 11 is 3.46. The van der Waals surface area contributed by atoms with E-state index in [0.29, 0.717) is 18.0 Å². The highest BCUT2D eigenvalue weighted by Crippen LogP contribution is 2.17. The molecule has 0 aliphatic rings. The van der Waals surface area contributed by atoms with Crippen molar-refractivity contribution in [3.63, 3.8) is 0 Å². The summed E-state index contributed by atoms with van der Waals surface area (Å²) in [5.41, 5.74) is 4.47. The van der Waals surface area contributed by atoms with Crippen LogP contribution in [0.5, 0.6) is 0 Å². The normalized spacial score (nSPS) is 12.1. The zero-order chi connectivity index (χ0) is 21.1. The lowest BCUT2D eigenvalue weighted by Crippen LogP contribution is -2.37. The lowest BCUT2D eigenvalue weighted by atomic mass is 10.2. The molecule has 9 heteroatoms. The number of fused-ring (bicyclic) bond motifs is 1. The predicted molar refractivity (Wildman–Crippen MR) is 120 cm³/mol. The monoisotopic (exact) mass is 456 g/mol. The molecule has 1 aromatic carbocycles. The first kappa shape index (κ1) is 20.5. The number of rotatable bonds is 6. The number of hydrogen-bond donors (Lipinski definition) is 1. The largest absolute Gasteiger partial charge is 0.332 e. The van der Waals surface area contributed by atoms with Gasteiger partial charge in [-0.2, -0.15) is 10.1 Å². The molecular weight excluding hydrogens is 436 g/mol. The number of nitrogens with zero attached hydrogens (tertiary/aromatic N) is 5. The Morgan fingerprint density at radius 2 is 1.93 bits per heavy atom. The minimum absolute atomic E-state index is 0.288. The van der Waals surface area contributed by atoms with Gasteiger partial charge in [0.15, 0.2) is 11.2 Å². The highest BCUT2D eigenvalue weighted by Gasteiger charge is 2.18. The van der Waals surface area contributed by atoms with Gasteiger partial charge >= 0.3 is 5.69 Å². The van der Waals surface area contributed by atoms with Crippen molar-refractivity contribution in [1.29, 1.82) is 0 Å². The fourth-order valence-electron chi connectivity index (χ4n) is 2.85. The second kappa shape index (κ2) is 8.44. The van der Waals surface area contributed by atoms with E-state index in [1.54, 1.807) is 17.8 Å². The predicted octanol–water partition coefficient (Wildman–Crippen LogP) is 2.84. The Morgan fingerprint density at radius 1 is 1.24 bits per heavy atom. The zero-order valence-electron chi connectivity index (χ0n) is 16.4. The molecule has 0 spiro atoms. The molecule has 0 saturated heterocycles. The lowest BCUT2D eigenvalue weighted by Gasteiger charge is -2.08. The first-order valence-corrected chi connectivity index (χ1v) is 9.61. The molecule has 2 heterocycles. The first-order valence-electron chi connectivity index (χ1n) is 8.81.